The molecule has 0 aromatic heterocycles. The van der Waals surface area contributed by atoms with Crippen molar-refractivity contribution in [2.45, 2.75) is 39.8 Å². The zero-order valence-electron chi connectivity index (χ0n) is 11.9. The zero-order valence-corrected chi connectivity index (χ0v) is 11.9. The van der Waals surface area contributed by atoms with Crippen LogP contribution < -0.4 is 5.32 Å². The average molecular weight is 246 g/mol. The largest absolute Gasteiger partial charge is 0.314 e. The van der Waals surface area contributed by atoms with Crippen LogP contribution in [0.25, 0.3) is 0 Å². The highest BCUT2D eigenvalue weighted by Crippen LogP contribution is 2.19. The van der Waals surface area contributed by atoms with E-state index >= 15 is 0 Å². The third-order valence-electron chi connectivity index (χ3n) is 4.21. The van der Waals surface area contributed by atoms with Crippen LogP contribution in [0.15, 0.2) is 24.3 Å². The van der Waals surface area contributed by atoms with Gasteiger partial charge >= 0.3 is 0 Å². The molecule has 0 amide bonds. The number of rotatable bonds is 4. The first-order valence-corrected chi connectivity index (χ1v) is 7.21. The lowest BCUT2D eigenvalue weighted by Crippen LogP contribution is -2.53. The molecule has 0 aliphatic carbocycles. The molecule has 1 aromatic carbocycles. The van der Waals surface area contributed by atoms with E-state index < -0.39 is 0 Å². The van der Waals surface area contributed by atoms with E-state index in [2.05, 4.69) is 55.3 Å². The van der Waals surface area contributed by atoms with E-state index in [1.165, 1.54) is 24.1 Å². The molecule has 2 nitrogen and oxygen atoms in total. The molecule has 100 valence electrons. The summed E-state index contributed by atoms with van der Waals surface area (Å²) in [5, 5.41) is 3.53. The number of nitrogens with one attached hydrogen (secondary N) is 1. The van der Waals surface area contributed by atoms with Crippen LogP contribution in [0.5, 0.6) is 0 Å². The van der Waals surface area contributed by atoms with Crippen LogP contribution in [0.3, 0.4) is 0 Å². The number of hydrogen-bond acceptors (Lipinski definition) is 2. The van der Waals surface area contributed by atoms with Gasteiger partial charge in [0.15, 0.2) is 0 Å². The first-order chi connectivity index (χ1) is 8.70. The predicted molar refractivity (Wildman–Crippen MR) is 77.7 cm³/mol. The van der Waals surface area contributed by atoms with E-state index in [4.69, 9.17) is 0 Å². The highest BCUT2D eigenvalue weighted by Gasteiger charge is 2.25. The maximum Gasteiger partial charge on any atom is 0.0250 e. The molecule has 0 spiro atoms. The van der Waals surface area contributed by atoms with Gasteiger partial charge in [0, 0.05) is 32.2 Å². The van der Waals surface area contributed by atoms with Gasteiger partial charge in [-0.1, -0.05) is 50.1 Å². The fourth-order valence-corrected chi connectivity index (χ4v) is 2.72. The van der Waals surface area contributed by atoms with Gasteiger partial charge in [-0.3, -0.25) is 4.90 Å². The first kappa shape index (κ1) is 13.6. The summed E-state index contributed by atoms with van der Waals surface area (Å²) in [5.74, 6) is 0.767. The fraction of sp³-hybridized carbons (Fsp3) is 0.625. The molecule has 1 heterocycles. The summed E-state index contributed by atoms with van der Waals surface area (Å²) in [6.45, 7) is 11.3. The summed E-state index contributed by atoms with van der Waals surface area (Å²) in [4.78, 5) is 2.65. The molecule has 2 unspecified atom stereocenters. The van der Waals surface area contributed by atoms with Gasteiger partial charge in [-0.05, 0) is 18.4 Å². The Morgan fingerprint density at radius 2 is 2.06 bits per heavy atom. The van der Waals surface area contributed by atoms with Crippen molar-refractivity contribution < 1.29 is 0 Å². The molecule has 1 aliphatic heterocycles. The van der Waals surface area contributed by atoms with Gasteiger partial charge in [-0.25, -0.2) is 0 Å². The number of piperazine rings is 1. The van der Waals surface area contributed by atoms with Gasteiger partial charge in [0.25, 0.3) is 0 Å². The quantitative estimate of drug-likeness (QED) is 0.879. The van der Waals surface area contributed by atoms with Gasteiger partial charge in [0.05, 0.1) is 0 Å². The Morgan fingerprint density at radius 3 is 2.72 bits per heavy atom. The summed E-state index contributed by atoms with van der Waals surface area (Å²) in [7, 11) is 0. The van der Waals surface area contributed by atoms with Crippen LogP contribution in [-0.4, -0.2) is 30.6 Å². The van der Waals surface area contributed by atoms with Crippen LogP contribution in [0, 0.1) is 12.8 Å². The summed E-state index contributed by atoms with van der Waals surface area (Å²) >= 11 is 0. The monoisotopic (exact) mass is 246 g/mol. The third-order valence-corrected chi connectivity index (χ3v) is 4.21. The van der Waals surface area contributed by atoms with Crippen LogP contribution in [0.2, 0.25) is 0 Å². The molecular weight excluding hydrogens is 220 g/mol. The topological polar surface area (TPSA) is 15.3 Å². The van der Waals surface area contributed by atoms with E-state index in [-0.39, 0.29) is 0 Å². The zero-order chi connectivity index (χ0) is 13.0. The standard InChI is InChI=1S/C16H26N2/c1-4-14(3)16-11-17-9-10-18(16)12-15-7-5-13(2)6-8-15/h5-8,14,16-17H,4,9-12H2,1-3H3. The number of nitrogens with zero attached hydrogens (tertiary/aromatic N) is 1. The molecule has 2 heteroatoms. The summed E-state index contributed by atoms with van der Waals surface area (Å²) in [6, 6.07) is 9.66. The van der Waals surface area contributed by atoms with Gasteiger partial charge < -0.3 is 5.32 Å². The molecule has 1 N–H and O–H groups in total. The maximum atomic E-state index is 3.53. The minimum absolute atomic E-state index is 0.685. The number of aryl methyl sites for hydroxylation is 1. The molecule has 18 heavy (non-hydrogen) atoms. The molecule has 1 saturated heterocycles. The second-order valence-corrected chi connectivity index (χ2v) is 5.61. The second kappa shape index (κ2) is 6.35. The van der Waals surface area contributed by atoms with E-state index in [1.54, 1.807) is 0 Å². The molecule has 0 saturated carbocycles. The van der Waals surface area contributed by atoms with Gasteiger partial charge in [-0.15, -0.1) is 0 Å². The maximum absolute atomic E-state index is 3.53. The Labute approximate surface area is 111 Å². The van der Waals surface area contributed by atoms with E-state index in [9.17, 15) is 0 Å². The van der Waals surface area contributed by atoms with Crippen LogP contribution in [0.4, 0.5) is 0 Å². The molecule has 0 radical (unpaired) electrons. The predicted octanol–water partition coefficient (Wildman–Crippen LogP) is 2.81. The minimum atomic E-state index is 0.685. The summed E-state index contributed by atoms with van der Waals surface area (Å²) < 4.78 is 0. The lowest BCUT2D eigenvalue weighted by Gasteiger charge is -2.39. The molecule has 0 bridgehead atoms. The Kier molecular flexibility index (Phi) is 4.79. The van der Waals surface area contributed by atoms with Gasteiger partial charge in [-0.2, -0.15) is 0 Å². The number of benzene rings is 1. The van der Waals surface area contributed by atoms with Crippen molar-refractivity contribution in [2.75, 3.05) is 19.6 Å². The minimum Gasteiger partial charge on any atom is -0.314 e. The van der Waals surface area contributed by atoms with Crippen molar-refractivity contribution in [3.63, 3.8) is 0 Å². The SMILES string of the molecule is CCC(C)C1CNCCN1Cc1ccc(C)cc1. The molecule has 1 aromatic rings. The van der Waals surface area contributed by atoms with E-state index in [0.29, 0.717) is 6.04 Å². The molecular formula is C16H26N2. The molecule has 2 atom stereocenters. The third kappa shape index (κ3) is 3.33. The Bertz CT molecular complexity index is 358. The first-order valence-electron chi connectivity index (χ1n) is 7.21. The van der Waals surface area contributed by atoms with Crippen LogP contribution in [-0.2, 0) is 6.54 Å². The molecule has 2 rings (SSSR count). The van der Waals surface area contributed by atoms with Crippen molar-refractivity contribution >= 4 is 0 Å². The normalized spacial score (nSPS) is 22.9. The van der Waals surface area contributed by atoms with Crippen molar-refractivity contribution in [1.29, 1.82) is 0 Å². The van der Waals surface area contributed by atoms with Crippen molar-refractivity contribution in [3.05, 3.63) is 35.4 Å². The Balaban J connectivity index is 2.03. The lowest BCUT2D eigenvalue weighted by atomic mass is 9.95. The van der Waals surface area contributed by atoms with Crippen LogP contribution in [0.1, 0.15) is 31.4 Å². The van der Waals surface area contributed by atoms with Gasteiger partial charge in [0.2, 0.25) is 0 Å². The van der Waals surface area contributed by atoms with Crippen molar-refractivity contribution in [3.8, 4) is 0 Å². The summed E-state index contributed by atoms with van der Waals surface area (Å²) in [6.07, 6.45) is 1.26. The highest BCUT2D eigenvalue weighted by atomic mass is 15.2. The molecule has 1 fully saturated rings. The van der Waals surface area contributed by atoms with Gasteiger partial charge in [0.1, 0.15) is 0 Å². The Morgan fingerprint density at radius 1 is 1.33 bits per heavy atom. The number of hydrogen-bond donors (Lipinski definition) is 1. The van der Waals surface area contributed by atoms with E-state index in [0.717, 1.165) is 25.6 Å². The fourth-order valence-electron chi connectivity index (χ4n) is 2.72. The Hall–Kier alpha value is -0.860. The highest BCUT2D eigenvalue weighted by molar-refractivity contribution is 5.21. The lowest BCUT2D eigenvalue weighted by molar-refractivity contribution is 0.109. The van der Waals surface area contributed by atoms with Crippen molar-refractivity contribution in [2.24, 2.45) is 5.92 Å². The second-order valence-electron chi connectivity index (χ2n) is 5.61. The summed E-state index contributed by atoms with van der Waals surface area (Å²) in [5.41, 5.74) is 2.79. The van der Waals surface area contributed by atoms with Crippen LogP contribution >= 0.6 is 0 Å². The smallest absolute Gasteiger partial charge is 0.0250 e. The van der Waals surface area contributed by atoms with E-state index in [1.807, 2.05) is 0 Å². The van der Waals surface area contributed by atoms with Crippen molar-refractivity contribution in [1.82, 2.24) is 10.2 Å². The average Bonchev–Trinajstić information content (AvgIpc) is 2.41. The molecule has 1 aliphatic rings.